The zero-order valence-corrected chi connectivity index (χ0v) is 23.2. The predicted octanol–water partition coefficient (Wildman–Crippen LogP) is 7.84. The van der Waals surface area contributed by atoms with Gasteiger partial charge in [0.05, 0.1) is 0 Å². The fraction of sp³-hybridized carbons (Fsp3) is 0.824. The number of hydrogen-bond acceptors (Lipinski definition) is 2. The molecule has 8 aliphatic rings. The number of unbranched alkanes of at least 4 members (excludes halogenated alkanes) is 1. The first-order chi connectivity index (χ1) is 18.0. The summed E-state index contributed by atoms with van der Waals surface area (Å²) in [5, 5.41) is 0. The summed E-state index contributed by atoms with van der Waals surface area (Å²) in [4.78, 5) is 20.2. The molecule has 1 aromatic rings. The number of carbonyl (C=O) groups is 1. The molecule has 37 heavy (non-hydrogen) atoms. The summed E-state index contributed by atoms with van der Waals surface area (Å²) >= 11 is 0. The number of carbonyl (C=O) groups excluding carboxylic acids is 1. The van der Waals surface area contributed by atoms with Gasteiger partial charge in [0.2, 0.25) is 5.91 Å². The lowest BCUT2D eigenvalue weighted by Crippen LogP contribution is -2.49. The van der Waals surface area contributed by atoms with Gasteiger partial charge >= 0.3 is 0 Å². The van der Waals surface area contributed by atoms with Gasteiger partial charge in [0.1, 0.15) is 0 Å². The highest BCUT2D eigenvalue weighted by Gasteiger charge is 2.52. The lowest BCUT2D eigenvalue weighted by molar-refractivity contribution is -0.134. The molecule has 9 rings (SSSR count). The van der Waals surface area contributed by atoms with Gasteiger partial charge in [-0.1, -0.05) is 0 Å². The smallest absolute Gasteiger partial charge is 0.222 e. The molecular formula is C34H50N2O. The molecule has 0 saturated heterocycles. The minimum absolute atomic E-state index is 0.462. The lowest BCUT2D eigenvalue weighted by Gasteiger charge is -2.58. The van der Waals surface area contributed by atoms with E-state index in [0.29, 0.717) is 16.7 Å². The van der Waals surface area contributed by atoms with Crippen molar-refractivity contribution < 1.29 is 4.79 Å². The van der Waals surface area contributed by atoms with E-state index in [4.69, 9.17) is 0 Å². The number of aromatic nitrogens is 1. The fourth-order valence-electron chi connectivity index (χ4n) is 11.6. The van der Waals surface area contributed by atoms with Crippen LogP contribution in [-0.2, 0) is 11.2 Å². The third-order valence-electron chi connectivity index (χ3n) is 12.4. The minimum atomic E-state index is 0.462. The quantitative estimate of drug-likeness (QED) is 0.289. The maximum atomic E-state index is 13.7. The first-order valence-corrected chi connectivity index (χ1v) is 16.2. The van der Waals surface area contributed by atoms with Crippen molar-refractivity contribution in [3.05, 3.63) is 30.1 Å². The van der Waals surface area contributed by atoms with E-state index < -0.39 is 0 Å². The maximum absolute atomic E-state index is 13.7. The van der Waals surface area contributed by atoms with Crippen LogP contribution in [0.1, 0.15) is 115 Å². The van der Waals surface area contributed by atoms with E-state index in [0.717, 1.165) is 74.3 Å². The molecule has 0 aliphatic heterocycles. The summed E-state index contributed by atoms with van der Waals surface area (Å²) in [5.41, 5.74) is 2.51. The van der Waals surface area contributed by atoms with Crippen molar-refractivity contribution in [1.29, 1.82) is 0 Å². The third-order valence-corrected chi connectivity index (χ3v) is 12.4. The Morgan fingerprint density at radius 2 is 1.14 bits per heavy atom. The van der Waals surface area contributed by atoms with Gasteiger partial charge in [0.15, 0.2) is 0 Å². The van der Waals surface area contributed by atoms with Gasteiger partial charge in [-0.2, -0.15) is 0 Å². The van der Waals surface area contributed by atoms with Gasteiger partial charge in [-0.3, -0.25) is 9.78 Å². The second-order valence-electron chi connectivity index (χ2n) is 15.3. The molecule has 8 bridgehead atoms. The summed E-state index contributed by atoms with van der Waals surface area (Å²) in [6.45, 7) is 2.09. The maximum Gasteiger partial charge on any atom is 0.222 e. The van der Waals surface area contributed by atoms with Gasteiger partial charge in [0, 0.05) is 31.9 Å². The first-order valence-electron chi connectivity index (χ1n) is 16.2. The van der Waals surface area contributed by atoms with Crippen LogP contribution in [0.2, 0.25) is 0 Å². The molecule has 0 aromatic carbocycles. The average Bonchev–Trinajstić information content (AvgIpc) is 2.85. The van der Waals surface area contributed by atoms with E-state index in [9.17, 15) is 4.79 Å². The Morgan fingerprint density at radius 3 is 1.57 bits per heavy atom. The van der Waals surface area contributed by atoms with Gasteiger partial charge < -0.3 is 4.90 Å². The van der Waals surface area contributed by atoms with Crippen LogP contribution in [0.5, 0.6) is 0 Å². The van der Waals surface area contributed by atoms with E-state index in [1.807, 2.05) is 12.4 Å². The zero-order chi connectivity index (χ0) is 24.9. The van der Waals surface area contributed by atoms with Gasteiger partial charge in [0.25, 0.3) is 0 Å². The summed E-state index contributed by atoms with van der Waals surface area (Å²) < 4.78 is 0. The van der Waals surface area contributed by atoms with Crippen molar-refractivity contribution in [2.45, 2.75) is 116 Å². The Balaban J connectivity index is 0.982. The second-order valence-corrected chi connectivity index (χ2v) is 15.3. The molecule has 1 heterocycles. The molecule has 0 unspecified atom stereocenters. The van der Waals surface area contributed by atoms with Gasteiger partial charge in [-0.25, -0.2) is 0 Å². The summed E-state index contributed by atoms with van der Waals surface area (Å²) in [7, 11) is 0. The van der Waals surface area contributed by atoms with Gasteiger partial charge in [-0.15, -0.1) is 0 Å². The molecule has 0 spiro atoms. The SMILES string of the molecule is O=C(CCCCc1ccncc1)N(CCC12CC3CC(CC(C3)C1)C2)CCC12CC3CC(CC(C3)C1)C2. The van der Waals surface area contributed by atoms with Crippen LogP contribution in [-0.4, -0.2) is 28.9 Å². The molecule has 0 N–H and O–H groups in total. The number of hydrogen-bond donors (Lipinski definition) is 0. The highest BCUT2D eigenvalue weighted by Crippen LogP contribution is 2.62. The summed E-state index contributed by atoms with van der Waals surface area (Å²) in [6, 6.07) is 4.23. The Hall–Kier alpha value is -1.38. The molecule has 8 saturated carbocycles. The van der Waals surface area contributed by atoms with Crippen molar-refractivity contribution in [3.8, 4) is 0 Å². The Bertz CT molecular complexity index is 835. The molecule has 8 fully saturated rings. The monoisotopic (exact) mass is 502 g/mol. The molecule has 0 atom stereocenters. The highest BCUT2D eigenvalue weighted by atomic mass is 16.2. The third kappa shape index (κ3) is 5.27. The molecule has 3 heteroatoms. The number of rotatable bonds is 11. The van der Waals surface area contributed by atoms with Crippen LogP contribution in [0.3, 0.4) is 0 Å². The molecular weight excluding hydrogens is 452 g/mol. The number of nitrogens with zero attached hydrogens (tertiary/aromatic N) is 2. The van der Waals surface area contributed by atoms with Crippen molar-refractivity contribution in [1.82, 2.24) is 9.88 Å². The van der Waals surface area contributed by atoms with Crippen molar-refractivity contribution in [3.63, 3.8) is 0 Å². The number of pyridine rings is 1. The van der Waals surface area contributed by atoms with E-state index in [2.05, 4.69) is 22.0 Å². The molecule has 1 amide bonds. The minimum Gasteiger partial charge on any atom is -0.343 e. The Morgan fingerprint density at radius 1 is 0.703 bits per heavy atom. The van der Waals surface area contributed by atoms with Crippen LogP contribution >= 0.6 is 0 Å². The molecule has 8 aliphatic carbocycles. The molecule has 0 radical (unpaired) electrons. The predicted molar refractivity (Wildman–Crippen MR) is 149 cm³/mol. The average molecular weight is 503 g/mol. The molecule has 3 nitrogen and oxygen atoms in total. The number of aryl methyl sites for hydroxylation is 1. The molecule has 1 aromatic heterocycles. The Labute approximate surface area is 225 Å². The van der Waals surface area contributed by atoms with Crippen LogP contribution in [0.4, 0.5) is 0 Å². The van der Waals surface area contributed by atoms with E-state index >= 15 is 0 Å². The normalized spacial score (nSPS) is 40.9. The van der Waals surface area contributed by atoms with Crippen molar-refractivity contribution in [2.75, 3.05) is 13.1 Å². The van der Waals surface area contributed by atoms with E-state index in [1.165, 1.54) is 95.5 Å². The van der Waals surface area contributed by atoms with Crippen LogP contribution in [0.25, 0.3) is 0 Å². The lowest BCUT2D eigenvalue weighted by atomic mass is 9.48. The topological polar surface area (TPSA) is 33.2 Å². The van der Waals surface area contributed by atoms with Gasteiger partial charge in [-0.05, 0) is 173 Å². The van der Waals surface area contributed by atoms with E-state index in [-0.39, 0.29) is 0 Å². The van der Waals surface area contributed by atoms with Crippen LogP contribution in [0.15, 0.2) is 24.5 Å². The standard InChI is InChI=1S/C34H50N2O/c37-32(4-2-1-3-25-5-9-35-10-6-25)36(11-7-33-19-26-13-27(20-33)15-28(14-26)21-33)12-8-34-22-29-16-30(23-34)18-31(17-29)24-34/h5-6,9-10,26-31H,1-4,7-8,11-24H2. The molecule has 202 valence electrons. The second kappa shape index (κ2) is 9.98. The highest BCUT2D eigenvalue weighted by molar-refractivity contribution is 5.76. The summed E-state index contributed by atoms with van der Waals surface area (Å²) in [5.74, 6) is 6.52. The van der Waals surface area contributed by atoms with E-state index in [1.54, 1.807) is 0 Å². The fourth-order valence-corrected chi connectivity index (χ4v) is 11.6. The van der Waals surface area contributed by atoms with Crippen molar-refractivity contribution >= 4 is 5.91 Å². The number of amides is 1. The van der Waals surface area contributed by atoms with Crippen molar-refractivity contribution in [2.24, 2.45) is 46.3 Å². The summed E-state index contributed by atoms with van der Waals surface area (Å²) in [6.07, 6.45) is 28.2. The van der Waals surface area contributed by atoms with Crippen LogP contribution in [0, 0.1) is 46.3 Å². The first kappa shape index (κ1) is 24.6. The largest absolute Gasteiger partial charge is 0.343 e. The zero-order valence-electron chi connectivity index (χ0n) is 23.2. The Kier molecular flexibility index (Phi) is 6.65. The van der Waals surface area contributed by atoms with Crippen LogP contribution < -0.4 is 0 Å².